The molecule has 0 bridgehead atoms. The third-order valence-corrected chi connectivity index (χ3v) is 4.30. The SMILES string of the molecule is C[C@H](Sc1ccccn1)C(=O)NCCSc1cn[nH]n1. The average Bonchev–Trinajstić information content (AvgIpc) is 2.97. The molecule has 20 heavy (non-hydrogen) atoms. The van der Waals surface area contributed by atoms with Crippen LogP contribution in [0.2, 0.25) is 0 Å². The Morgan fingerprint density at radius 1 is 1.45 bits per heavy atom. The molecule has 0 aliphatic rings. The van der Waals surface area contributed by atoms with Crippen molar-refractivity contribution in [2.75, 3.05) is 12.3 Å². The number of hydrogen-bond acceptors (Lipinski definition) is 6. The lowest BCUT2D eigenvalue weighted by Crippen LogP contribution is -2.32. The molecule has 0 aromatic carbocycles. The van der Waals surface area contributed by atoms with E-state index in [1.54, 1.807) is 24.2 Å². The maximum absolute atomic E-state index is 11.9. The molecule has 6 nitrogen and oxygen atoms in total. The minimum absolute atomic E-state index is 0.0152. The van der Waals surface area contributed by atoms with Crippen molar-refractivity contribution >= 4 is 29.4 Å². The second-order valence-electron chi connectivity index (χ2n) is 3.88. The van der Waals surface area contributed by atoms with Gasteiger partial charge in [0.25, 0.3) is 0 Å². The van der Waals surface area contributed by atoms with Crippen LogP contribution in [0.3, 0.4) is 0 Å². The maximum Gasteiger partial charge on any atom is 0.233 e. The van der Waals surface area contributed by atoms with Gasteiger partial charge in [0.05, 0.1) is 16.5 Å². The number of carbonyl (C=O) groups excluding carboxylic acids is 1. The van der Waals surface area contributed by atoms with Crippen molar-refractivity contribution < 1.29 is 4.79 Å². The first-order chi connectivity index (χ1) is 9.75. The number of H-pyrrole nitrogens is 1. The van der Waals surface area contributed by atoms with Crippen molar-refractivity contribution in [2.24, 2.45) is 0 Å². The van der Waals surface area contributed by atoms with Crippen LogP contribution in [-0.2, 0) is 4.79 Å². The molecule has 0 saturated carbocycles. The smallest absolute Gasteiger partial charge is 0.233 e. The van der Waals surface area contributed by atoms with E-state index in [0.29, 0.717) is 6.54 Å². The van der Waals surface area contributed by atoms with E-state index in [1.807, 2.05) is 25.1 Å². The number of amides is 1. The van der Waals surface area contributed by atoms with Gasteiger partial charge < -0.3 is 5.32 Å². The number of pyridine rings is 1. The number of nitrogens with one attached hydrogen (secondary N) is 2. The molecule has 106 valence electrons. The summed E-state index contributed by atoms with van der Waals surface area (Å²) in [5, 5.41) is 14.6. The van der Waals surface area contributed by atoms with Gasteiger partial charge in [0.2, 0.25) is 5.91 Å². The highest BCUT2D eigenvalue weighted by molar-refractivity contribution is 8.00. The molecule has 0 radical (unpaired) electrons. The normalized spacial score (nSPS) is 12.1. The van der Waals surface area contributed by atoms with Crippen LogP contribution < -0.4 is 5.32 Å². The molecule has 0 aliphatic carbocycles. The van der Waals surface area contributed by atoms with Crippen LogP contribution in [0.15, 0.2) is 40.6 Å². The first-order valence-electron chi connectivity index (χ1n) is 6.09. The van der Waals surface area contributed by atoms with E-state index in [2.05, 4.69) is 25.7 Å². The third kappa shape index (κ3) is 4.86. The fourth-order valence-corrected chi connectivity index (χ4v) is 2.86. The van der Waals surface area contributed by atoms with Crippen molar-refractivity contribution in [3.63, 3.8) is 0 Å². The molecule has 2 rings (SSSR count). The van der Waals surface area contributed by atoms with E-state index in [4.69, 9.17) is 0 Å². The topological polar surface area (TPSA) is 83.6 Å². The molecule has 8 heteroatoms. The van der Waals surface area contributed by atoms with Gasteiger partial charge in [-0.1, -0.05) is 17.8 Å². The Balaban J connectivity index is 1.66. The summed E-state index contributed by atoms with van der Waals surface area (Å²) in [5.41, 5.74) is 0. The molecule has 2 aromatic rings. The zero-order valence-electron chi connectivity index (χ0n) is 10.9. The van der Waals surface area contributed by atoms with Gasteiger partial charge in [-0.2, -0.15) is 10.3 Å². The molecule has 1 atom stereocenters. The monoisotopic (exact) mass is 309 g/mol. The Labute approximate surface area is 125 Å². The Kier molecular flexibility index (Phi) is 5.87. The standard InChI is InChI=1S/C12H15N5OS2/c1-9(20-10-4-2-3-5-13-10)12(18)14-6-7-19-11-8-15-17-16-11/h2-5,8-9H,6-7H2,1H3,(H,14,18)(H,15,16,17)/t9-/m0/s1. The van der Waals surface area contributed by atoms with Crippen molar-refractivity contribution in [3.8, 4) is 0 Å². The molecule has 0 unspecified atom stereocenters. The zero-order valence-corrected chi connectivity index (χ0v) is 12.6. The van der Waals surface area contributed by atoms with Gasteiger partial charge in [0, 0.05) is 18.5 Å². The van der Waals surface area contributed by atoms with Gasteiger partial charge in [-0.05, 0) is 19.1 Å². The summed E-state index contributed by atoms with van der Waals surface area (Å²) in [4.78, 5) is 16.1. The lowest BCUT2D eigenvalue weighted by molar-refractivity contribution is -0.120. The highest BCUT2D eigenvalue weighted by Crippen LogP contribution is 2.20. The van der Waals surface area contributed by atoms with Crippen LogP contribution >= 0.6 is 23.5 Å². The van der Waals surface area contributed by atoms with Crippen LogP contribution in [0.5, 0.6) is 0 Å². The molecule has 2 aromatic heterocycles. The van der Waals surface area contributed by atoms with Crippen LogP contribution in [0.4, 0.5) is 0 Å². The van der Waals surface area contributed by atoms with E-state index in [0.717, 1.165) is 15.8 Å². The number of thioether (sulfide) groups is 2. The number of hydrogen-bond donors (Lipinski definition) is 2. The number of aromatic amines is 1. The molecular formula is C12H15N5OS2. The van der Waals surface area contributed by atoms with Crippen LogP contribution in [0.25, 0.3) is 0 Å². The number of aromatic nitrogens is 4. The van der Waals surface area contributed by atoms with Crippen molar-refractivity contribution in [1.82, 2.24) is 25.7 Å². The predicted molar refractivity (Wildman–Crippen MR) is 79.7 cm³/mol. The Bertz CT molecular complexity index is 520. The fraction of sp³-hybridized carbons (Fsp3) is 0.333. The lowest BCUT2D eigenvalue weighted by atomic mass is 10.4. The minimum atomic E-state index is -0.165. The molecule has 2 heterocycles. The number of carbonyl (C=O) groups is 1. The third-order valence-electron chi connectivity index (χ3n) is 2.35. The first kappa shape index (κ1) is 14.9. The number of nitrogens with zero attached hydrogens (tertiary/aromatic N) is 3. The van der Waals surface area contributed by atoms with E-state index in [9.17, 15) is 4.79 Å². The maximum atomic E-state index is 11.9. The van der Waals surface area contributed by atoms with Gasteiger partial charge in [-0.3, -0.25) is 4.79 Å². The molecular weight excluding hydrogens is 294 g/mol. The van der Waals surface area contributed by atoms with E-state index in [1.165, 1.54) is 11.8 Å². The summed E-state index contributed by atoms with van der Waals surface area (Å²) in [5.74, 6) is 0.778. The second kappa shape index (κ2) is 7.91. The zero-order chi connectivity index (χ0) is 14.2. The predicted octanol–water partition coefficient (Wildman–Crippen LogP) is 1.59. The van der Waals surface area contributed by atoms with Gasteiger partial charge in [-0.15, -0.1) is 16.9 Å². The van der Waals surface area contributed by atoms with E-state index >= 15 is 0 Å². The Morgan fingerprint density at radius 3 is 3.05 bits per heavy atom. The van der Waals surface area contributed by atoms with Crippen LogP contribution in [0.1, 0.15) is 6.92 Å². The van der Waals surface area contributed by atoms with Gasteiger partial charge in [0.1, 0.15) is 5.03 Å². The average molecular weight is 309 g/mol. The van der Waals surface area contributed by atoms with Gasteiger partial charge in [0.15, 0.2) is 0 Å². The molecule has 0 spiro atoms. The Hall–Kier alpha value is -1.54. The first-order valence-corrected chi connectivity index (χ1v) is 7.96. The quantitative estimate of drug-likeness (QED) is 0.597. The lowest BCUT2D eigenvalue weighted by Gasteiger charge is -2.10. The summed E-state index contributed by atoms with van der Waals surface area (Å²) in [7, 11) is 0. The second-order valence-corrected chi connectivity index (χ2v) is 6.35. The van der Waals surface area contributed by atoms with Crippen LogP contribution in [-0.4, -0.2) is 43.8 Å². The molecule has 0 saturated heterocycles. The van der Waals surface area contributed by atoms with Crippen LogP contribution in [0, 0.1) is 0 Å². The van der Waals surface area contributed by atoms with Crippen molar-refractivity contribution in [1.29, 1.82) is 0 Å². The summed E-state index contributed by atoms with van der Waals surface area (Å²) >= 11 is 3.00. The summed E-state index contributed by atoms with van der Waals surface area (Å²) in [6.07, 6.45) is 3.38. The van der Waals surface area contributed by atoms with Gasteiger partial charge >= 0.3 is 0 Å². The summed E-state index contributed by atoms with van der Waals surface area (Å²) < 4.78 is 0. The highest BCUT2D eigenvalue weighted by Gasteiger charge is 2.14. The molecule has 2 N–H and O–H groups in total. The van der Waals surface area contributed by atoms with Crippen molar-refractivity contribution in [3.05, 3.63) is 30.6 Å². The molecule has 0 aliphatic heterocycles. The summed E-state index contributed by atoms with van der Waals surface area (Å²) in [6, 6.07) is 5.67. The van der Waals surface area contributed by atoms with E-state index in [-0.39, 0.29) is 11.2 Å². The summed E-state index contributed by atoms with van der Waals surface area (Å²) in [6.45, 7) is 2.48. The Morgan fingerprint density at radius 2 is 2.35 bits per heavy atom. The van der Waals surface area contributed by atoms with E-state index < -0.39 is 0 Å². The van der Waals surface area contributed by atoms with Gasteiger partial charge in [-0.25, -0.2) is 4.98 Å². The molecule has 0 fully saturated rings. The fourth-order valence-electron chi connectivity index (χ4n) is 1.39. The number of rotatable bonds is 7. The highest BCUT2D eigenvalue weighted by atomic mass is 32.2. The minimum Gasteiger partial charge on any atom is -0.354 e. The largest absolute Gasteiger partial charge is 0.354 e. The van der Waals surface area contributed by atoms with Crippen molar-refractivity contribution in [2.45, 2.75) is 22.2 Å². The molecule has 1 amide bonds.